The average molecular weight is 462 g/mol. The second-order valence-corrected chi connectivity index (χ2v) is 7.45. The molecule has 3 aromatic rings. The van der Waals surface area contributed by atoms with Crippen LogP contribution >= 0.6 is 0 Å². The van der Waals surface area contributed by atoms with Crippen molar-refractivity contribution >= 4 is 29.8 Å². The van der Waals surface area contributed by atoms with Gasteiger partial charge in [0.2, 0.25) is 0 Å². The Morgan fingerprint density at radius 2 is 1.74 bits per heavy atom. The lowest BCUT2D eigenvalue weighted by atomic mass is 10.1. The summed E-state index contributed by atoms with van der Waals surface area (Å²) in [5, 5.41) is 25.5. The number of anilines is 1. The summed E-state index contributed by atoms with van der Waals surface area (Å²) in [6, 6.07) is 16.2. The fourth-order valence-electron chi connectivity index (χ4n) is 2.88. The number of phenolic OH excluding ortho intramolecular Hbond substituents is 2. The van der Waals surface area contributed by atoms with Crippen molar-refractivity contribution < 1.29 is 24.2 Å². The van der Waals surface area contributed by atoms with Gasteiger partial charge in [-0.3, -0.25) is 9.59 Å². The highest BCUT2D eigenvalue weighted by Crippen LogP contribution is 2.20. The molecule has 9 heteroatoms. The minimum Gasteiger partial charge on any atom is -0.508 e. The molecule has 0 spiro atoms. The lowest BCUT2D eigenvalue weighted by Gasteiger charge is -2.12. The molecule has 0 aliphatic carbocycles. The molecular weight excluding hydrogens is 439 g/mol. The van der Waals surface area contributed by atoms with Crippen LogP contribution in [0.2, 0.25) is 0 Å². The van der Waals surface area contributed by atoms with Crippen molar-refractivity contribution in [1.82, 2.24) is 10.7 Å². The van der Waals surface area contributed by atoms with Gasteiger partial charge in [-0.1, -0.05) is 18.2 Å². The number of phenols is 2. The third kappa shape index (κ3) is 6.42. The van der Waals surface area contributed by atoms with E-state index in [1.54, 1.807) is 12.1 Å². The Balaban J connectivity index is 1.84. The van der Waals surface area contributed by atoms with Gasteiger partial charge in [0.05, 0.1) is 6.21 Å². The van der Waals surface area contributed by atoms with Gasteiger partial charge in [0.25, 0.3) is 11.8 Å². The molecule has 0 aromatic heterocycles. The standard InChI is InChI=1S/C25H23FN4O4/c1-30(2)20-9-6-16(7-10-20)12-22(28-24(33)17-4-3-5-19(26)13-17)25(34)29-27-15-18-8-11-21(31)14-23(18)32/h3-15,31-32H,1-2H3,(H,28,33)(H,29,34). The van der Waals surface area contributed by atoms with Crippen molar-refractivity contribution in [2.24, 2.45) is 5.10 Å². The number of carbonyl (C=O) groups excluding carboxylic acids is 2. The molecular formula is C25H23FN4O4. The van der Waals surface area contributed by atoms with Gasteiger partial charge < -0.3 is 20.4 Å². The van der Waals surface area contributed by atoms with Gasteiger partial charge >= 0.3 is 0 Å². The molecule has 8 nitrogen and oxygen atoms in total. The molecule has 34 heavy (non-hydrogen) atoms. The van der Waals surface area contributed by atoms with E-state index < -0.39 is 17.6 Å². The summed E-state index contributed by atoms with van der Waals surface area (Å²) in [5.41, 5.74) is 4.04. The van der Waals surface area contributed by atoms with Gasteiger partial charge in [-0.05, 0) is 54.1 Å². The number of nitrogens with zero attached hydrogens (tertiary/aromatic N) is 2. The minimum atomic E-state index is -0.740. The van der Waals surface area contributed by atoms with Crippen LogP contribution in [0.15, 0.2) is 77.5 Å². The van der Waals surface area contributed by atoms with E-state index in [0.717, 1.165) is 17.8 Å². The summed E-state index contributed by atoms with van der Waals surface area (Å²) in [6.07, 6.45) is 2.64. The summed E-state index contributed by atoms with van der Waals surface area (Å²) in [5.74, 6) is -2.35. The zero-order chi connectivity index (χ0) is 24.7. The predicted molar refractivity (Wildman–Crippen MR) is 128 cm³/mol. The van der Waals surface area contributed by atoms with Crippen LogP contribution in [-0.2, 0) is 4.79 Å². The monoisotopic (exact) mass is 462 g/mol. The molecule has 0 saturated heterocycles. The van der Waals surface area contributed by atoms with Crippen LogP contribution in [0.3, 0.4) is 0 Å². The summed E-state index contributed by atoms with van der Waals surface area (Å²) in [4.78, 5) is 27.3. The van der Waals surface area contributed by atoms with Crippen molar-refractivity contribution in [2.75, 3.05) is 19.0 Å². The quantitative estimate of drug-likeness (QED) is 0.245. The third-order valence-electron chi connectivity index (χ3n) is 4.68. The van der Waals surface area contributed by atoms with Gasteiger partial charge in [0.15, 0.2) is 0 Å². The second kappa shape index (κ2) is 10.8. The maximum absolute atomic E-state index is 13.5. The first kappa shape index (κ1) is 24.0. The number of hydrazone groups is 1. The molecule has 0 bridgehead atoms. The molecule has 0 atom stereocenters. The highest BCUT2D eigenvalue weighted by molar-refractivity contribution is 6.05. The highest BCUT2D eigenvalue weighted by Gasteiger charge is 2.15. The summed E-state index contributed by atoms with van der Waals surface area (Å²) in [7, 11) is 3.79. The maximum Gasteiger partial charge on any atom is 0.287 e. The van der Waals surface area contributed by atoms with E-state index in [1.165, 1.54) is 42.6 Å². The van der Waals surface area contributed by atoms with Crippen LogP contribution in [0.25, 0.3) is 6.08 Å². The van der Waals surface area contributed by atoms with E-state index in [0.29, 0.717) is 5.56 Å². The Kier molecular flexibility index (Phi) is 7.60. The lowest BCUT2D eigenvalue weighted by molar-refractivity contribution is -0.117. The number of aromatic hydroxyl groups is 2. The van der Waals surface area contributed by atoms with Crippen molar-refractivity contribution in [3.05, 3.63) is 94.9 Å². The molecule has 2 amide bonds. The predicted octanol–water partition coefficient (Wildman–Crippen LogP) is 3.22. The SMILES string of the molecule is CN(C)c1ccc(C=C(NC(=O)c2cccc(F)c2)C(=O)NN=Cc2ccc(O)cc2O)cc1. The van der Waals surface area contributed by atoms with E-state index in [1.807, 2.05) is 31.1 Å². The van der Waals surface area contributed by atoms with Crippen molar-refractivity contribution in [3.8, 4) is 11.5 Å². The van der Waals surface area contributed by atoms with Crippen LogP contribution < -0.4 is 15.6 Å². The van der Waals surface area contributed by atoms with Gasteiger partial charge in [0, 0.05) is 37.0 Å². The van der Waals surface area contributed by atoms with Crippen LogP contribution in [0, 0.1) is 5.82 Å². The summed E-state index contributed by atoms with van der Waals surface area (Å²) >= 11 is 0. The van der Waals surface area contributed by atoms with Gasteiger partial charge in [-0.25, -0.2) is 9.82 Å². The van der Waals surface area contributed by atoms with E-state index in [-0.39, 0.29) is 28.3 Å². The fraction of sp³-hybridized carbons (Fsp3) is 0.0800. The molecule has 174 valence electrons. The molecule has 3 aromatic carbocycles. The van der Waals surface area contributed by atoms with Crippen LogP contribution in [0.4, 0.5) is 10.1 Å². The van der Waals surface area contributed by atoms with Crippen LogP contribution in [-0.4, -0.2) is 42.3 Å². The van der Waals surface area contributed by atoms with Crippen LogP contribution in [0.1, 0.15) is 21.5 Å². The topological polar surface area (TPSA) is 114 Å². The lowest BCUT2D eigenvalue weighted by Crippen LogP contribution is -2.32. The van der Waals surface area contributed by atoms with Crippen molar-refractivity contribution in [1.29, 1.82) is 0 Å². The summed E-state index contributed by atoms with van der Waals surface area (Å²) < 4.78 is 13.5. The normalized spacial score (nSPS) is 11.3. The minimum absolute atomic E-state index is 0.0409. The molecule has 0 saturated carbocycles. The first-order valence-corrected chi connectivity index (χ1v) is 10.1. The van der Waals surface area contributed by atoms with Gasteiger partial charge in [-0.2, -0.15) is 5.10 Å². The molecule has 0 heterocycles. The van der Waals surface area contributed by atoms with E-state index in [9.17, 15) is 24.2 Å². The zero-order valence-corrected chi connectivity index (χ0v) is 18.5. The Labute approximate surface area is 195 Å². The summed E-state index contributed by atoms with van der Waals surface area (Å²) in [6.45, 7) is 0. The van der Waals surface area contributed by atoms with E-state index in [4.69, 9.17) is 0 Å². The maximum atomic E-state index is 13.5. The largest absolute Gasteiger partial charge is 0.508 e. The molecule has 0 aliphatic heterocycles. The fourth-order valence-corrected chi connectivity index (χ4v) is 2.88. The Morgan fingerprint density at radius 1 is 1.00 bits per heavy atom. The van der Waals surface area contributed by atoms with Crippen LogP contribution in [0.5, 0.6) is 11.5 Å². The van der Waals surface area contributed by atoms with E-state index >= 15 is 0 Å². The first-order chi connectivity index (χ1) is 16.2. The molecule has 4 N–H and O–H groups in total. The number of rotatable bonds is 7. The third-order valence-corrected chi connectivity index (χ3v) is 4.68. The highest BCUT2D eigenvalue weighted by atomic mass is 19.1. The Bertz CT molecular complexity index is 1250. The number of hydrogen-bond donors (Lipinski definition) is 4. The number of benzene rings is 3. The van der Waals surface area contributed by atoms with Gasteiger partial charge in [-0.15, -0.1) is 0 Å². The Morgan fingerprint density at radius 3 is 2.38 bits per heavy atom. The van der Waals surface area contributed by atoms with Gasteiger partial charge in [0.1, 0.15) is 23.0 Å². The number of halogens is 1. The Hall–Kier alpha value is -4.66. The smallest absolute Gasteiger partial charge is 0.287 e. The molecule has 0 fully saturated rings. The van der Waals surface area contributed by atoms with E-state index in [2.05, 4.69) is 15.8 Å². The first-order valence-electron chi connectivity index (χ1n) is 10.1. The number of nitrogens with one attached hydrogen (secondary N) is 2. The zero-order valence-electron chi connectivity index (χ0n) is 18.5. The van der Waals surface area contributed by atoms with Crippen molar-refractivity contribution in [3.63, 3.8) is 0 Å². The second-order valence-electron chi connectivity index (χ2n) is 7.45. The average Bonchev–Trinajstić information content (AvgIpc) is 2.80. The number of amides is 2. The molecule has 0 unspecified atom stereocenters. The molecule has 0 aliphatic rings. The number of carbonyl (C=O) groups is 2. The number of hydrogen-bond acceptors (Lipinski definition) is 6. The molecule has 3 rings (SSSR count). The van der Waals surface area contributed by atoms with Crippen molar-refractivity contribution in [2.45, 2.75) is 0 Å². The molecule has 0 radical (unpaired) electrons.